The lowest BCUT2D eigenvalue weighted by molar-refractivity contribution is -0.154. The molecule has 5 atom stereocenters. The normalized spacial score (nSPS) is 31.6. The molecule has 2 aromatic carbocycles. The van der Waals surface area contributed by atoms with Gasteiger partial charge in [-0.2, -0.15) is 0 Å². The molecule has 4 heteroatoms. The molecule has 4 bridgehead atoms. The first-order valence-corrected chi connectivity index (χ1v) is 12.4. The van der Waals surface area contributed by atoms with Crippen molar-refractivity contribution in [2.45, 2.75) is 51.2 Å². The monoisotopic (exact) mass is 431 g/mol. The molecule has 32 heavy (non-hydrogen) atoms. The van der Waals surface area contributed by atoms with Gasteiger partial charge in [0, 0.05) is 31.6 Å². The number of carbonyl (C=O) groups is 1. The highest BCUT2D eigenvalue weighted by atomic mass is 16.2. The second kappa shape index (κ2) is 8.99. The Balaban J connectivity index is 1.46. The Labute approximate surface area is 192 Å². The van der Waals surface area contributed by atoms with Crippen LogP contribution < -0.4 is 10.6 Å². The maximum Gasteiger partial charge on any atom is 0.240 e. The molecule has 4 nitrogen and oxygen atoms in total. The third-order valence-electron chi connectivity index (χ3n) is 8.13. The minimum Gasteiger partial charge on any atom is -0.350 e. The van der Waals surface area contributed by atoms with Crippen LogP contribution in [0.25, 0.3) is 0 Å². The number of rotatable bonds is 7. The average molecular weight is 432 g/mol. The number of hydrogen-bond donors (Lipinski definition) is 2. The van der Waals surface area contributed by atoms with Gasteiger partial charge in [-0.15, -0.1) is 0 Å². The first kappa shape index (κ1) is 21.7. The summed E-state index contributed by atoms with van der Waals surface area (Å²) in [5.74, 6) is 2.43. The summed E-state index contributed by atoms with van der Waals surface area (Å²) in [6.45, 7) is 8.50. The molecule has 6 rings (SSSR count). The van der Waals surface area contributed by atoms with E-state index in [0.717, 1.165) is 31.5 Å². The molecule has 3 aliphatic heterocycles. The summed E-state index contributed by atoms with van der Waals surface area (Å²) in [7, 11) is 0. The lowest BCUT2D eigenvalue weighted by Gasteiger charge is -2.64. The SMILES string of the molecule is CC(C)CN1CC[C@H]2CC3(C(=O)NCc4ccccc4)NC[C@@H]2[C@@H]1[C@H]3Cc1ccccc1. The Kier molecular flexibility index (Phi) is 6.09. The molecule has 1 saturated carbocycles. The fourth-order valence-electron chi connectivity index (χ4n) is 6.82. The van der Waals surface area contributed by atoms with Crippen molar-refractivity contribution in [2.24, 2.45) is 23.7 Å². The fraction of sp³-hybridized carbons (Fsp3) is 0.536. The number of nitrogens with zero attached hydrogens (tertiary/aromatic N) is 1. The molecule has 3 heterocycles. The Bertz CT molecular complexity index is 915. The molecule has 3 saturated heterocycles. The summed E-state index contributed by atoms with van der Waals surface area (Å²) in [6, 6.07) is 21.5. The van der Waals surface area contributed by atoms with Gasteiger partial charge in [0.05, 0.1) is 0 Å². The van der Waals surface area contributed by atoms with Crippen LogP contribution in [0, 0.1) is 23.7 Å². The van der Waals surface area contributed by atoms with E-state index < -0.39 is 5.54 Å². The third kappa shape index (κ3) is 3.99. The van der Waals surface area contributed by atoms with Crippen molar-refractivity contribution in [1.82, 2.24) is 15.5 Å². The third-order valence-corrected chi connectivity index (χ3v) is 8.13. The molecule has 0 radical (unpaired) electrons. The minimum absolute atomic E-state index is 0.196. The first-order chi connectivity index (χ1) is 15.6. The van der Waals surface area contributed by atoms with Crippen molar-refractivity contribution in [3.63, 3.8) is 0 Å². The predicted octanol–water partition coefficient (Wildman–Crippen LogP) is 3.87. The predicted molar refractivity (Wildman–Crippen MR) is 129 cm³/mol. The Morgan fingerprint density at radius 3 is 2.47 bits per heavy atom. The van der Waals surface area contributed by atoms with Crippen molar-refractivity contribution >= 4 is 5.91 Å². The van der Waals surface area contributed by atoms with Crippen LogP contribution in [-0.2, 0) is 17.8 Å². The van der Waals surface area contributed by atoms with E-state index in [-0.39, 0.29) is 11.8 Å². The number of fused-ring (bicyclic) bond motifs is 1. The van der Waals surface area contributed by atoms with Crippen molar-refractivity contribution < 1.29 is 4.79 Å². The molecular formula is C28H37N3O. The van der Waals surface area contributed by atoms with Crippen molar-refractivity contribution in [1.29, 1.82) is 0 Å². The van der Waals surface area contributed by atoms with Crippen LogP contribution in [0.1, 0.15) is 37.8 Å². The van der Waals surface area contributed by atoms with Crippen molar-refractivity contribution in [2.75, 3.05) is 19.6 Å². The molecule has 1 amide bonds. The van der Waals surface area contributed by atoms with Crippen molar-refractivity contribution in [3.8, 4) is 0 Å². The van der Waals surface area contributed by atoms with Gasteiger partial charge >= 0.3 is 0 Å². The van der Waals surface area contributed by atoms with Crippen LogP contribution in [0.15, 0.2) is 60.7 Å². The maximum absolute atomic E-state index is 13.9. The number of amides is 1. The zero-order valence-corrected chi connectivity index (χ0v) is 19.5. The molecule has 170 valence electrons. The molecule has 1 unspecified atom stereocenters. The summed E-state index contributed by atoms with van der Waals surface area (Å²) in [5.41, 5.74) is 2.02. The molecule has 2 N–H and O–H groups in total. The summed E-state index contributed by atoms with van der Waals surface area (Å²) in [6.07, 6.45) is 3.15. The van der Waals surface area contributed by atoms with Gasteiger partial charge in [-0.1, -0.05) is 74.5 Å². The number of benzene rings is 2. The van der Waals surface area contributed by atoms with E-state index in [1.54, 1.807) is 0 Å². The second-order valence-corrected chi connectivity index (χ2v) is 10.6. The Morgan fingerprint density at radius 1 is 1.09 bits per heavy atom. The highest BCUT2D eigenvalue weighted by Crippen LogP contribution is 2.52. The van der Waals surface area contributed by atoms with Gasteiger partial charge in [0.2, 0.25) is 5.91 Å². The van der Waals surface area contributed by atoms with Gasteiger partial charge in [-0.05, 0) is 54.7 Å². The van der Waals surface area contributed by atoms with Crippen LogP contribution in [-0.4, -0.2) is 42.0 Å². The van der Waals surface area contributed by atoms with E-state index in [1.807, 2.05) is 18.2 Å². The van der Waals surface area contributed by atoms with Gasteiger partial charge in [0.25, 0.3) is 0 Å². The zero-order chi connectivity index (χ0) is 22.1. The van der Waals surface area contributed by atoms with Crippen LogP contribution in [0.3, 0.4) is 0 Å². The molecule has 4 fully saturated rings. The lowest BCUT2D eigenvalue weighted by atomic mass is 9.53. The molecular weight excluding hydrogens is 394 g/mol. The van der Waals surface area contributed by atoms with Gasteiger partial charge in [-0.25, -0.2) is 0 Å². The van der Waals surface area contributed by atoms with Gasteiger partial charge in [0.1, 0.15) is 5.54 Å². The van der Waals surface area contributed by atoms with E-state index in [2.05, 4.69) is 71.8 Å². The van der Waals surface area contributed by atoms with E-state index in [0.29, 0.717) is 30.3 Å². The second-order valence-electron chi connectivity index (χ2n) is 10.6. The van der Waals surface area contributed by atoms with Gasteiger partial charge in [-0.3, -0.25) is 9.69 Å². The first-order valence-electron chi connectivity index (χ1n) is 12.4. The molecule has 4 aliphatic rings. The van der Waals surface area contributed by atoms with Crippen LogP contribution in [0.5, 0.6) is 0 Å². The molecule has 2 aromatic rings. The van der Waals surface area contributed by atoms with Crippen LogP contribution in [0.2, 0.25) is 0 Å². The summed E-state index contributed by atoms with van der Waals surface area (Å²) in [4.78, 5) is 16.7. The summed E-state index contributed by atoms with van der Waals surface area (Å²) < 4.78 is 0. The quantitative estimate of drug-likeness (QED) is 0.700. The zero-order valence-electron chi connectivity index (χ0n) is 19.5. The number of nitrogens with one attached hydrogen (secondary N) is 2. The summed E-state index contributed by atoms with van der Waals surface area (Å²) in [5, 5.41) is 7.13. The topological polar surface area (TPSA) is 44.4 Å². The van der Waals surface area contributed by atoms with E-state index in [1.165, 1.54) is 18.5 Å². The van der Waals surface area contributed by atoms with Crippen molar-refractivity contribution in [3.05, 3.63) is 71.8 Å². The largest absolute Gasteiger partial charge is 0.350 e. The molecule has 0 spiro atoms. The fourth-order valence-corrected chi connectivity index (χ4v) is 6.82. The highest BCUT2D eigenvalue weighted by Gasteiger charge is 2.62. The number of carbonyl (C=O) groups excluding carboxylic acids is 1. The van der Waals surface area contributed by atoms with E-state index in [9.17, 15) is 4.79 Å². The Hall–Kier alpha value is -2.17. The van der Waals surface area contributed by atoms with Crippen LogP contribution >= 0.6 is 0 Å². The van der Waals surface area contributed by atoms with E-state index in [4.69, 9.17) is 0 Å². The maximum atomic E-state index is 13.9. The van der Waals surface area contributed by atoms with Gasteiger partial charge in [0.15, 0.2) is 0 Å². The number of likely N-dealkylation sites (tertiary alicyclic amines) is 1. The minimum atomic E-state index is -0.482. The summed E-state index contributed by atoms with van der Waals surface area (Å²) >= 11 is 0. The number of hydrogen-bond acceptors (Lipinski definition) is 3. The Morgan fingerprint density at radius 2 is 1.78 bits per heavy atom. The van der Waals surface area contributed by atoms with Gasteiger partial charge < -0.3 is 10.6 Å². The van der Waals surface area contributed by atoms with E-state index >= 15 is 0 Å². The lowest BCUT2D eigenvalue weighted by Crippen LogP contribution is -2.79. The highest BCUT2D eigenvalue weighted by molar-refractivity contribution is 5.87. The molecule has 0 aromatic heterocycles. The average Bonchev–Trinajstić information content (AvgIpc) is 2.82. The standard InChI is InChI=1S/C28H37N3O/c1-20(2)19-31-14-13-23-16-28(27(32)29-17-22-11-7-4-8-12-22)25(26(31)24(23)18-30-28)15-21-9-5-3-6-10-21/h3-12,20,23-26,30H,13-19H2,1-2H3,(H,29,32)/t23-,24-,25+,26+,28?/m0/s1. The van der Waals surface area contributed by atoms with Crippen LogP contribution in [0.4, 0.5) is 0 Å². The smallest absolute Gasteiger partial charge is 0.240 e. The molecule has 1 aliphatic carbocycles. The number of piperidine rings is 3.